The first-order valence-electron chi connectivity index (χ1n) is 13.7. The van der Waals surface area contributed by atoms with Crippen LogP contribution in [0.5, 0.6) is 0 Å². The summed E-state index contributed by atoms with van der Waals surface area (Å²) in [5.74, 6) is 0.855. The van der Waals surface area contributed by atoms with E-state index in [1.165, 1.54) is 11.3 Å². The van der Waals surface area contributed by atoms with Crippen molar-refractivity contribution < 1.29 is 19.1 Å². The van der Waals surface area contributed by atoms with Crippen LogP contribution in [-0.4, -0.2) is 66.5 Å². The van der Waals surface area contributed by atoms with Gasteiger partial charge in [-0.3, -0.25) is 4.79 Å². The van der Waals surface area contributed by atoms with E-state index >= 15 is 0 Å². The van der Waals surface area contributed by atoms with Gasteiger partial charge in [0, 0.05) is 48.9 Å². The Bertz CT molecular complexity index is 1420. The largest absolute Gasteiger partial charge is 0.444 e. The molecule has 0 saturated carbocycles. The molecular formula is C29H38N6O4S. The molecule has 0 aromatic carbocycles. The third kappa shape index (κ3) is 6.15. The van der Waals surface area contributed by atoms with E-state index in [2.05, 4.69) is 26.6 Å². The van der Waals surface area contributed by atoms with Crippen molar-refractivity contribution in [1.29, 1.82) is 0 Å². The molecule has 5 rings (SSSR count). The Morgan fingerprint density at radius 2 is 1.95 bits per heavy atom. The number of hydrogen-bond acceptors (Lipinski definition) is 9. The highest BCUT2D eigenvalue weighted by Gasteiger charge is 2.36. The molecule has 4 N–H and O–H groups in total. The van der Waals surface area contributed by atoms with Crippen LogP contribution in [0, 0.1) is 12.8 Å². The number of fused-ring (bicyclic) bond motifs is 2. The van der Waals surface area contributed by atoms with Crippen LogP contribution in [-0.2, 0) is 22.3 Å². The molecule has 1 aliphatic carbocycles. The standard InChI is InChI=1S/C29H38N6O4S/c1-16-6-9-20-24(30)25(40-27(20)31-16)26(36)32-19-8-10-21-17(12-19)7-11-23(33-21)35-13-18(15-38-5)22(14-35)34-28(37)39-29(2,3)4/h6-7,9,11,18-19,22H,8,10,12-15,30H2,1-5H3,(H,32,36)(H,34,37)/t18?,19-,22?/m0/s1. The van der Waals surface area contributed by atoms with Crippen molar-refractivity contribution in [3.63, 3.8) is 0 Å². The normalized spacial score (nSPS) is 20.8. The number of carbonyl (C=O) groups is 2. The van der Waals surface area contributed by atoms with E-state index in [0.717, 1.165) is 52.4 Å². The number of nitrogens with one attached hydrogen (secondary N) is 2. The van der Waals surface area contributed by atoms with Crippen molar-refractivity contribution in [3.8, 4) is 0 Å². The predicted octanol–water partition coefficient (Wildman–Crippen LogP) is 3.85. The monoisotopic (exact) mass is 566 g/mol. The van der Waals surface area contributed by atoms with E-state index in [-0.39, 0.29) is 23.9 Å². The summed E-state index contributed by atoms with van der Waals surface area (Å²) in [7, 11) is 1.67. The summed E-state index contributed by atoms with van der Waals surface area (Å²) in [4.78, 5) is 38.5. The average Bonchev–Trinajstić information content (AvgIpc) is 3.42. The number of aryl methyl sites for hydroxylation is 2. The molecule has 2 unspecified atom stereocenters. The van der Waals surface area contributed by atoms with Gasteiger partial charge in [0.25, 0.3) is 5.91 Å². The van der Waals surface area contributed by atoms with Crippen LogP contribution in [0.25, 0.3) is 10.2 Å². The van der Waals surface area contributed by atoms with Crippen molar-refractivity contribution in [2.45, 2.75) is 64.6 Å². The van der Waals surface area contributed by atoms with Gasteiger partial charge in [0.15, 0.2) is 0 Å². The minimum absolute atomic E-state index is 0.00670. The first kappa shape index (κ1) is 28.1. The van der Waals surface area contributed by atoms with E-state index in [9.17, 15) is 9.59 Å². The van der Waals surface area contributed by atoms with Gasteiger partial charge in [-0.15, -0.1) is 11.3 Å². The molecule has 0 spiro atoms. The van der Waals surface area contributed by atoms with Gasteiger partial charge >= 0.3 is 6.09 Å². The number of aromatic nitrogens is 2. The van der Waals surface area contributed by atoms with Gasteiger partial charge in [-0.05, 0) is 70.7 Å². The number of carbonyl (C=O) groups excluding carboxylic acids is 2. The lowest BCUT2D eigenvalue weighted by Crippen LogP contribution is -2.44. The topological polar surface area (TPSA) is 132 Å². The maximum atomic E-state index is 13.1. The maximum Gasteiger partial charge on any atom is 0.407 e. The van der Waals surface area contributed by atoms with E-state index in [1.54, 1.807) is 7.11 Å². The second-order valence-electron chi connectivity index (χ2n) is 11.7. The molecule has 1 aliphatic heterocycles. The van der Waals surface area contributed by atoms with Gasteiger partial charge < -0.3 is 30.7 Å². The number of amides is 2. The third-order valence-electron chi connectivity index (χ3n) is 7.37. The molecule has 10 nitrogen and oxygen atoms in total. The SMILES string of the molecule is COCC1CN(c2ccc3c(n2)CC[C@H](NC(=O)c2sc4nc(C)ccc4c2N)C3)CC1NC(=O)OC(C)(C)C. The van der Waals surface area contributed by atoms with Crippen LogP contribution < -0.4 is 21.3 Å². The predicted molar refractivity (Wildman–Crippen MR) is 157 cm³/mol. The highest BCUT2D eigenvalue weighted by molar-refractivity contribution is 7.21. The summed E-state index contributed by atoms with van der Waals surface area (Å²) in [5.41, 5.74) is 9.32. The molecule has 2 amide bonds. The van der Waals surface area contributed by atoms with Gasteiger partial charge in [-0.25, -0.2) is 14.8 Å². The van der Waals surface area contributed by atoms with Crippen LogP contribution in [0.2, 0.25) is 0 Å². The molecule has 3 atom stereocenters. The summed E-state index contributed by atoms with van der Waals surface area (Å²) in [6, 6.07) is 7.87. The zero-order valence-corrected chi connectivity index (χ0v) is 24.6. The second kappa shape index (κ2) is 11.2. The van der Waals surface area contributed by atoms with Crippen LogP contribution in [0.1, 0.15) is 53.8 Å². The maximum absolute atomic E-state index is 13.1. The van der Waals surface area contributed by atoms with E-state index in [0.29, 0.717) is 30.1 Å². The molecule has 214 valence electrons. The number of hydrogen-bond donors (Lipinski definition) is 3. The Hall–Kier alpha value is -3.44. The van der Waals surface area contributed by atoms with E-state index in [1.807, 2.05) is 45.9 Å². The number of nitrogen functional groups attached to an aromatic ring is 1. The molecule has 40 heavy (non-hydrogen) atoms. The first-order valence-corrected chi connectivity index (χ1v) is 14.5. The summed E-state index contributed by atoms with van der Waals surface area (Å²) < 4.78 is 10.9. The highest BCUT2D eigenvalue weighted by atomic mass is 32.1. The van der Waals surface area contributed by atoms with Crippen molar-refractivity contribution in [2.75, 3.05) is 37.4 Å². The number of pyridine rings is 2. The zero-order valence-electron chi connectivity index (χ0n) is 23.7. The van der Waals surface area contributed by atoms with Gasteiger partial charge in [-0.2, -0.15) is 0 Å². The molecule has 3 aromatic heterocycles. The Balaban J connectivity index is 1.23. The Morgan fingerprint density at radius 1 is 1.15 bits per heavy atom. The fourth-order valence-electron chi connectivity index (χ4n) is 5.47. The van der Waals surface area contributed by atoms with E-state index < -0.39 is 11.7 Å². The minimum atomic E-state index is -0.558. The molecule has 1 saturated heterocycles. The number of alkyl carbamates (subject to hydrolysis) is 1. The van der Waals surface area contributed by atoms with Gasteiger partial charge in [0.05, 0.1) is 18.3 Å². The zero-order chi connectivity index (χ0) is 28.6. The fourth-order valence-corrected chi connectivity index (χ4v) is 6.51. The van der Waals surface area contributed by atoms with E-state index in [4.69, 9.17) is 20.2 Å². The number of methoxy groups -OCH3 is 1. The number of thiophene rings is 1. The van der Waals surface area contributed by atoms with Crippen LogP contribution in [0.15, 0.2) is 24.3 Å². The van der Waals surface area contributed by atoms with Crippen LogP contribution >= 0.6 is 11.3 Å². The Labute approximate surface area is 238 Å². The van der Waals surface area contributed by atoms with Gasteiger partial charge in [0.2, 0.25) is 0 Å². The second-order valence-corrected chi connectivity index (χ2v) is 12.7. The van der Waals surface area contributed by atoms with Crippen molar-refractivity contribution in [1.82, 2.24) is 20.6 Å². The number of rotatable bonds is 6. The summed E-state index contributed by atoms with van der Waals surface area (Å²) in [6.45, 7) is 9.37. The Morgan fingerprint density at radius 3 is 2.70 bits per heavy atom. The lowest BCUT2D eigenvalue weighted by Gasteiger charge is -2.26. The minimum Gasteiger partial charge on any atom is -0.444 e. The first-order chi connectivity index (χ1) is 19.0. The quantitative estimate of drug-likeness (QED) is 0.410. The number of anilines is 2. The molecule has 4 heterocycles. The van der Waals surface area contributed by atoms with Crippen molar-refractivity contribution in [2.24, 2.45) is 5.92 Å². The van der Waals surface area contributed by atoms with Gasteiger partial charge in [-0.1, -0.05) is 6.07 Å². The molecule has 11 heteroatoms. The number of nitrogens with two attached hydrogens (primary N) is 1. The molecular weight excluding hydrogens is 528 g/mol. The van der Waals surface area contributed by atoms with Crippen LogP contribution in [0.4, 0.5) is 16.3 Å². The molecule has 0 bridgehead atoms. The van der Waals surface area contributed by atoms with Crippen molar-refractivity contribution in [3.05, 3.63) is 46.1 Å². The summed E-state index contributed by atoms with van der Waals surface area (Å²) in [5, 5.41) is 7.03. The number of ether oxygens (including phenoxy) is 2. The molecule has 2 aliphatic rings. The number of nitrogens with zero attached hydrogens (tertiary/aromatic N) is 3. The molecule has 1 fully saturated rings. The third-order valence-corrected chi connectivity index (χ3v) is 8.49. The Kier molecular flexibility index (Phi) is 7.87. The smallest absolute Gasteiger partial charge is 0.407 e. The molecule has 3 aromatic rings. The lowest BCUT2D eigenvalue weighted by atomic mass is 9.91. The van der Waals surface area contributed by atoms with Gasteiger partial charge in [0.1, 0.15) is 21.1 Å². The highest BCUT2D eigenvalue weighted by Crippen LogP contribution is 2.33. The van der Waals surface area contributed by atoms with Crippen molar-refractivity contribution >= 4 is 45.1 Å². The molecule has 0 radical (unpaired) electrons. The van der Waals surface area contributed by atoms with Crippen LogP contribution in [0.3, 0.4) is 0 Å². The lowest BCUT2D eigenvalue weighted by molar-refractivity contribution is 0.0480. The average molecular weight is 567 g/mol. The fraction of sp³-hybridized carbons (Fsp3) is 0.517. The summed E-state index contributed by atoms with van der Waals surface area (Å²) in [6.07, 6.45) is 1.86. The summed E-state index contributed by atoms with van der Waals surface area (Å²) >= 11 is 1.34.